The monoisotopic (exact) mass is 686 g/mol. The van der Waals surface area contributed by atoms with E-state index in [1.165, 1.54) is 38.6 Å². The predicted octanol–water partition coefficient (Wildman–Crippen LogP) is -0.238. The van der Waals surface area contributed by atoms with Crippen molar-refractivity contribution in [1.29, 1.82) is 0 Å². The molecular weight excluding hydrogens is 618 g/mol. The molecule has 15 unspecified atom stereocenters. The zero-order valence-corrected chi connectivity index (χ0v) is 29.8. The third-order valence-corrected chi connectivity index (χ3v) is 15.0. The molecule has 0 spiro atoms. The third kappa shape index (κ3) is 6.89. The normalized spacial score (nSPS) is 50.3. The highest BCUT2D eigenvalue weighted by atomic mass is 16.3. The van der Waals surface area contributed by atoms with E-state index in [9.17, 15) is 15.3 Å². The number of fused-ring (bicyclic) bond motifs is 3. The number of aliphatic hydroxyl groups excluding tert-OH is 3. The summed E-state index contributed by atoms with van der Waals surface area (Å²) < 4.78 is 0. The number of nitrogens with one attached hydrogen (secondary N) is 5. The van der Waals surface area contributed by atoms with Crippen LogP contribution in [0, 0.1) is 17.8 Å². The van der Waals surface area contributed by atoms with Crippen LogP contribution < -0.4 is 26.6 Å². The number of aliphatic hydroxyl groups is 3. The summed E-state index contributed by atoms with van der Waals surface area (Å²) in [6.07, 6.45) is 15.2. The van der Waals surface area contributed by atoms with Crippen molar-refractivity contribution >= 4 is 0 Å². The van der Waals surface area contributed by atoms with Gasteiger partial charge in [0.1, 0.15) is 12.6 Å². The standard InChI is InChI=1S/C37H67N9O3/c47-32-17-23(6-9-26(32)29-20-43-14-2-1-5-35(43)40-29)46(24-7-10-27(33(48)18-24)30-21-44-15-3-12-38-36(44)41-30)25-8-11-28(34(49)19-25)31-22-45-16-4-13-39-37(45)42-31/h23-42,47-49H,1-22H2. The fraction of sp³-hybridized carbons (Fsp3) is 1.00. The first-order valence-electron chi connectivity index (χ1n) is 20.8. The molecule has 6 heterocycles. The van der Waals surface area contributed by atoms with Crippen LogP contribution in [0.5, 0.6) is 0 Å². The Bertz CT molecular complexity index is 948. The number of rotatable bonds is 6. The van der Waals surface area contributed by atoms with Crippen molar-refractivity contribution in [2.45, 2.75) is 163 Å². The van der Waals surface area contributed by atoms with Crippen molar-refractivity contribution in [3.63, 3.8) is 0 Å². The first-order valence-corrected chi connectivity index (χ1v) is 20.8. The first kappa shape index (κ1) is 34.3. The van der Waals surface area contributed by atoms with Crippen LogP contribution in [0.15, 0.2) is 0 Å². The minimum atomic E-state index is -0.324. The fourth-order valence-corrected chi connectivity index (χ4v) is 12.6. The second-order valence-corrected chi connectivity index (χ2v) is 17.8. The van der Waals surface area contributed by atoms with E-state index in [4.69, 9.17) is 0 Å². The van der Waals surface area contributed by atoms with Crippen molar-refractivity contribution in [3.8, 4) is 0 Å². The zero-order valence-electron chi connectivity index (χ0n) is 29.8. The molecule has 8 N–H and O–H groups in total. The van der Waals surface area contributed by atoms with Gasteiger partial charge in [-0.15, -0.1) is 0 Å². The molecule has 278 valence electrons. The maximum atomic E-state index is 11.8. The Hall–Kier alpha value is -0.480. The molecule has 0 bridgehead atoms. The van der Waals surface area contributed by atoms with E-state index in [0.29, 0.717) is 48.3 Å². The van der Waals surface area contributed by atoms with E-state index in [1.54, 1.807) is 0 Å². The Morgan fingerprint density at radius 2 is 0.918 bits per heavy atom. The van der Waals surface area contributed by atoms with Gasteiger partial charge in [-0.25, -0.2) is 0 Å². The average molecular weight is 686 g/mol. The second-order valence-electron chi connectivity index (χ2n) is 17.8. The molecule has 9 fully saturated rings. The molecule has 3 saturated carbocycles. The summed E-state index contributed by atoms with van der Waals surface area (Å²) in [4.78, 5) is 10.4. The highest BCUT2D eigenvalue weighted by Crippen LogP contribution is 2.42. The minimum absolute atomic E-state index is 0.259. The van der Waals surface area contributed by atoms with Gasteiger partial charge in [-0.2, -0.15) is 0 Å². The summed E-state index contributed by atoms with van der Waals surface area (Å²) in [6, 6.07) is 1.97. The summed E-state index contributed by atoms with van der Waals surface area (Å²) in [5.74, 6) is 0.869. The molecule has 6 aliphatic heterocycles. The van der Waals surface area contributed by atoms with Gasteiger partial charge in [0, 0.05) is 86.7 Å². The largest absolute Gasteiger partial charge is 0.393 e. The molecule has 9 rings (SSSR count). The number of hydrogen-bond acceptors (Lipinski definition) is 12. The molecule has 15 atom stereocenters. The molecule has 6 saturated heterocycles. The summed E-state index contributed by atoms with van der Waals surface area (Å²) in [6.45, 7) is 8.73. The molecule has 0 radical (unpaired) electrons. The molecule has 12 heteroatoms. The molecular formula is C37H67N9O3. The maximum absolute atomic E-state index is 11.8. The molecule has 3 aliphatic carbocycles. The highest BCUT2D eigenvalue weighted by molar-refractivity contribution is 5.04. The molecule has 49 heavy (non-hydrogen) atoms. The van der Waals surface area contributed by atoms with E-state index in [0.717, 1.165) is 104 Å². The molecule has 0 amide bonds. The summed E-state index contributed by atoms with van der Waals surface area (Å²) >= 11 is 0. The van der Waals surface area contributed by atoms with Crippen LogP contribution in [-0.2, 0) is 0 Å². The maximum Gasteiger partial charge on any atom is 0.114 e. The van der Waals surface area contributed by atoms with Crippen molar-refractivity contribution in [3.05, 3.63) is 0 Å². The first-order chi connectivity index (χ1) is 24.0. The van der Waals surface area contributed by atoms with E-state index >= 15 is 0 Å². The molecule has 0 aromatic heterocycles. The summed E-state index contributed by atoms with van der Waals surface area (Å²) in [5.41, 5.74) is 0. The highest BCUT2D eigenvalue weighted by Gasteiger charge is 2.49. The van der Waals surface area contributed by atoms with Crippen LogP contribution in [-0.4, -0.2) is 161 Å². The quantitative estimate of drug-likeness (QED) is 0.188. The lowest BCUT2D eigenvalue weighted by molar-refractivity contribution is -0.0773. The lowest BCUT2D eigenvalue weighted by atomic mass is 9.73. The SMILES string of the molecule is OC1CC(N(C2CCC(C3CN4CCCNC4N3)C(O)C2)C2CCC(C3CN4CCCNC4N3)C(O)C2)CCC1C1CN2CCCCC2N1. The van der Waals surface area contributed by atoms with Gasteiger partial charge >= 0.3 is 0 Å². The third-order valence-electron chi connectivity index (χ3n) is 15.0. The van der Waals surface area contributed by atoms with Crippen LogP contribution in [0.4, 0.5) is 0 Å². The second kappa shape index (κ2) is 14.7. The minimum Gasteiger partial charge on any atom is -0.393 e. The van der Waals surface area contributed by atoms with Crippen LogP contribution in [0.3, 0.4) is 0 Å². The van der Waals surface area contributed by atoms with E-state index in [1.807, 2.05) is 0 Å². The van der Waals surface area contributed by atoms with Crippen molar-refractivity contribution < 1.29 is 15.3 Å². The van der Waals surface area contributed by atoms with E-state index < -0.39 is 0 Å². The van der Waals surface area contributed by atoms with Gasteiger partial charge in [0.2, 0.25) is 0 Å². The lowest BCUT2D eigenvalue weighted by Gasteiger charge is -2.52. The van der Waals surface area contributed by atoms with Crippen molar-refractivity contribution in [1.82, 2.24) is 46.2 Å². The molecule has 9 aliphatic rings. The van der Waals surface area contributed by atoms with Gasteiger partial charge in [0.15, 0.2) is 0 Å². The van der Waals surface area contributed by atoms with Crippen LogP contribution in [0.25, 0.3) is 0 Å². The van der Waals surface area contributed by atoms with Crippen LogP contribution in [0.2, 0.25) is 0 Å². The van der Waals surface area contributed by atoms with Gasteiger partial charge in [-0.1, -0.05) is 0 Å². The lowest BCUT2D eigenvalue weighted by Crippen LogP contribution is -2.60. The Balaban J connectivity index is 0.882. The Morgan fingerprint density at radius 1 is 0.469 bits per heavy atom. The smallest absolute Gasteiger partial charge is 0.114 e. The van der Waals surface area contributed by atoms with Crippen molar-refractivity contribution in [2.24, 2.45) is 17.8 Å². The van der Waals surface area contributed by atoms with E-state index in [2.05, 4.69) is 46.2 Å². The van der Waals surface area contributed by atoms with Gasteiger partial charge in [-0.05, 0) is 110 Å². The number of nitrogens with zero attached hydrogens (tertiary/aromatic N) is 4. The number of hydrogen-bond donors (Lipinski definition) is 8. The van der Waals surface area contributed by atoms with Gasteiger partial charge < -0.3 is 15.3 Å². The summed E-state index contributed by atoms with van der Waals surface area (Å²) in [7, 11) is 0. The summed E-state index contributed by atoms with van der Waals surface area (Å²) in [5, 5.41) is 54.3. The van der Waals surface area contributed by atoms with Crippen LogP contribution in [0.1, 0.15) is 89.9 Å². The molecule has 12 nitrogen and oxygen atoms in total. The zero-order chi connectivity index (χ0) is 33.1. The molecule has 0 aromatic rings. The molecule has 0 aromatic carbocycles. The van der Waals surface area contributed by atoms with Crippen molar-refractivity contribution in [2.75, 3.05) is 52.4 Å². The average Bonchev–Trinajstić information content (AvgIpc) is 3.85. The Morgan fingerprint density at radius 3 is 1.37 bits per heavy atom. The van der Waals surface area contributed by atoms with Gasteiger partial charge in [0.25, 0.3) is 0 Å². The van der Waals surface area contributed by atoms with Crippen LogP contribution >= 0.6 is 0 Å². The fourth-order valence-electron chi connectivity index (χ4n) is 12.6. The van der Waals surface area contributed by atoms with Gasteiger partial charge in [0.05, 0.1) is 24.5 Å². The van der Waals surface area contributed by atoms with Gasteiger partial charge in [-0.3, -0.25) is 46.2 Å². The predicted molar refractivity (Wildman–Crippen MR) is 189 cm³/mol. The Kier molecular flexibility index (Phi) is 10.3. The number of piperidine rings is 1. The Labute approximate surface area is 294 Å². The topological polar surface area (TPSA) is 134 Å². The van der Waals surface area contributed by atoms with E-state index in [-0.39, 0.29) is 42.7 Å².